The number of carbonyl (C=O) groups excluding carboxylic acids is 2. The minimum Gasteiger partial charge on any atom is -0.444 e. The average molecular weight is 390 g/mol. The van der Waals surface area contributed by atoms with Crippen LogP contribution in [0.25, 0.3) is 0 Å². The SMILES string of the molecule is CC(C)(C)OC(=O)Nc1ccc(C(=O)Nc2ccccc2S(C)(=O)=O)cc1. The van der Waals surface area contributed by atoms with Crippen molar-refractivity contribution >= 4 is 33.2 Å². The molecule has 0 aliphatic carbocycles. The van der Waals surface area contributed by atoms with Gasteiger partial charge in [-0.3, -0.25) is 10.1 Å². The summed E-state index contributed by atoms with van der Waals surface area (Å²) in [6.45, 7) is 5.27. The summed E-state index contributed by atoms with van der Waals surface area (Å²) in [5, 5.41) is 5.17. The molecule has 7 nitrogen and oxygen atoms in total. The van der Waals surface area contributed by atoms with Crippen LogP contribution >= 0.6 is 0 Å². The maximum Gasteiger partial charge on any atom is 0.412 e. The summed E-state index contributed by atoms with van der Waals surface area (Å²) in [5.74, 6) is -0.463. The van der Waals surface area contributed by atoms with E-state index in [9.17, 15) is 18.0 Å². The molecule has 0 aliphatic heterocycles. The highest BCUT2D eigenvalue weighted by molar-refractivity contribution is 7.90. The lowest BCUT2D eigenvalue weighted by Crippen LogP contribution is -2.27. The second-order valence-corrected chi connectivity index (χ2v) is 8.91. The minimum atomic E-state index is -3.47. The summed E-state index contributed by atoms with van der Waals surface area (Å²) in [7, 11) is -3.47. The number of hydrogen-bond donors (Lipinski definition) is 2. The van der Waals surface area contributed by atoms with Crippen LogP contribution < -0.4 is 10.6 Å². The van der Waals surface area contributed by atoms with E-state index >= 15 is 0 Å². The van der Waals surface area contributed by atoms with E-state index < -0.39 is 27.4 Å². The molecule has 8 heteroatoms. The fraction of sp³-hybridized carbons (Fsp3) is 0.263. The molecule has 0 radical (unpaired) electrons. The molecule has 0 saturated heterocycles. The van der Waals surface area contributed by atoms with E-state index in [4.69, 9.17) is 4.74 Å². The highest BCUT2D eigenvalue weighted by Crippen LogP contribution is 2.21. The van der Waals surface area contributed by atoms with Gasteiger partial charge in [0.1, 0.15) is 5.60 Å². The minimum absolute atomic E-state index is 0.0431. The second kappa shape index (κ2) is 7.79. The first-order valence-electron chi connectivity index (χ1n) is 8.16. The summed E-state index contributed by atoms with van der Waals surface area (Å²) in [5.41, 5.74) is 0.378. The molecule has 2 rings (SSSR count). The topological polar surface area (TPSA) is 102 Å². The van der Waals surface area contributed by atoms with E-state index in [0.717, 1.165) is 6.26 Å². The van der Waals surface area contributed by atoms with E-state index in [1.807, 2.05) is 0 Å². The van der Waals surface area contributed by atoms with Crippen molar-refractivity contribution < 1.29 is 22.7 Å². The van der Waals surface area contributed by atoms with Gasteiger partial charge in [0.05, 0.1) is 10.6 Å². The van der Waals surface area contributed by atoms with Crippen molar-refractivity contribution in [3.8, 4) is 0 Å². The molecule has 2 aromatic rings. The third kappa shape index (κ3) is 6.10. The fourth-order valence-electron chi connectivity index (χ4n) is 2.21. The van der Waals surface area contributed by atoms with Gasteiger partial charge in [0.15, 0.2) is 9.84 Å². The van der Waals surface area contributed by atoms with Gasteiger partial charge in [-0.15, -0.1) is 0 Å². The van der Waals surface area contributed by atoms with Crippen molar-refractivity contribution in [2.75, 3.05) is 16.9 Å². The Morgan fingerprint density at radius 2 is 1.52 bits per heavy atom. The maximum absolute atomic E-state index is 12.4. The maximum atomic E-state index is 12.4. The number of carbonyl (C=O) groups is 2. The average Bonchev–Trinajstić information content (AvgIpc) is 2.53. The van der Waals surface area contributed by atoms with Gasteiger partial charge in [0.2, 0.25) is 0 Å². The van der Waals surface area contributed by atoms with E-state index in [1.165, 1.54) is 24.3 Å². The largest absolute Gasteiger partial charge is 0.444 e. The van der Waals surface area contributed by atoms with Crippen molar-refractivity contribution in [3.63, 3.8) is 0 Å². The first-order valence-corrected chi connectivity index (χ1v) is 10.1. The van der Waals surface area contributed by atoms with Gasteiger partial charge >= 0.3 is 6.09 Å². The number of nitrogens with one attached hydrogen (secondary N) is 2. The molecule has 0 fully saturated rings. The van der Waals surface area contributed by atoms with Crippen molar-refractivity contribution in [2.45, 2.75) is 31.3 Å². The molecule has 0 spiro atoms. The molecule has 0 saturated carbocycles. The molecule has 27 heavy (non-hydrogen) atoms. The Balaban J connectivity index is 2.10. The Morgan fingerprint density at radius 1 is 0.926 bits per heavy atom. The molecular weight excluding hydrogens is 368 g/mol. The molecule has 0 atom stereocenters. The molecule has 2 amide bonds. The first kappa shape index (κ1) is 20.4. The predicted molar refractivity (Wildman–Crippen MR) is 104 cm³/mol. The highest BCUT2D eigenvalue weighted by atomic mass is 32.2. The summed E-state index contributed by atoms with van der Waals surface area (Å²) >= 11 is 0. The summed E-state index contributed by atoms with van der Waals surface area (Å²) in [4.78, 5) is 24.2. The third-order valence-electron chi connectivity index (χ3n) is 3.33. The standard InChI is InChI=1S/C19H22N2O5S/c1-19(2,3)26-18(23)20-14-11-9-13(10-12-14)17(22)21-15-7-5-6-8-16(15)27(4,24)25/h5-12H,1-4H3,(H,20,23)(H,21,22). The Bertz CT molecular complexity index is 945. The van der Waals surface area contributed by atoms with E-state index in [2.05, 4.69) is 10.6 Å². The zero-order valence-electron chi connectivity index (χ0n) is 15.6. The van der Waals surface area contributed by atoms with Crippen LogP contribution in [-0.4, -0.2) is 32.3 Å². The van der Waals surface area contributed by atoms with Gasteiger partial charge in [-0.05, 0) is 57.2 Å². The molecule has 0 bridgehead atoms. The molecule has 0 aliphatic rings. The molecule has 2 N–H and O–H groups in total. The van der Waals surface area contributed by atoms with E-state index in [-0.39, 0.29) is 10.6 Å². The molecule has 0 unspecified atom stereocenters. The normalized spacial score (nSPS) is 11.6. The molecule has 2 aromatic carbocycles. The summed E-state index contributed by atoms with van der Waals surface area (Å²) in [6, 6.07) is 12.3. The van der Waals surface area contributed by atoms with Crippen molar-refractivity contribution in [1.29, 1.82) is 0 Å². The summed E-state index contributed by atoms with van der Waals surface area (Å²) < 4.78 is 28.8. The predicted octanol–water partition coefficient (Wildman–Crippen LogP) is 3.69. The zero-order valence-corrected chi connectivity index (χ0v) is 16.4. The van der Waals surface area contributed by atoms with Gasteiger partial charge in [0.25, 0.3) is 5.91 Å². The van der Waals surface area contributed by atoms with Crippen molar-refractivity contribution in [3.05, 3.63) is 54.1 Å². The Labute approximate surface area is 158 Å². The van der Waals surface area contributed by atoms with Crippen molar-refractivity contribution in [1.82, 2.24) is 0 Å². The van der Waals surface area contributed by atoms with Crippen LogP contribution in [0.3, 0.4) is 0 Å². The van der Waals surface area contributed by atoms with Gasteiger partial charge in [-0.1, -0.05) is 12.1 Å². The number of rotatable bonds is 4. The molecular formula is C19H22N2O5S. The van der Waals surface area contributed by atoms with Crippen LogP contribution in [0.5, 0.6) is 0 Å². The number of amides is 2. The smallest absolute Gasteiger partial charge is 0.412 e. The van der Waals surface area contributed by atoms with Crippen molar-refractivity contribution in [2.24, 2.45) is 0 Å². The summed E-state index contributed by atoms with van der Waals surface area (Å²) in [6.07, 6.45) is 0.483. The monoisotopic (exact) mass is 390 g/mol. The number of sulfone groups is 1. The number of benzene rings is 2. The Hall–Kier alpha value is -2.87. The Kier molecular flexibility index (Phi) is 5.90. The van der Waals surface area contributed by atoms with Crippen LogP contribution in [0, 0.1) is 0 Å². The van der Waals surface area contributed by atoms with Gasteiger partial charge in [-0.2, -0.15) is 0 Å². The Morgan fingerprint density at radius 3 is 2.07 bits per heavy atom. The van der Waals surface area contributed by atoms with Crippen LogP contribution in [-0.2, 0) is 14.6 Å². The fourth-order valence-corrected chi connectivity index (χ4v) is 3.06. The number of hydrogen-bond acceptors (Lipinski definition) is 5. The molecule has 0 aromatic heterocycles. The highest BCUT2D eigenvalue weighted by Gasteiger charge is 2.17. The lowest BCUT2D eigenvalue weighted by molar-refractivity contribution is 0.0635. The quantitative estimate of drug-likeness (QED) is 0.829. The van der Waals surface area contributed by atoms with Crippen LogP contribution in [0.1, 0.15) is 31.1 Å². The lowest BCUT2D eigenvalue weighted by Gasteiger charge is -2.19. The van der Waals surface area contributed by atoms with E-state index in [1.54, 1.807) is 45.0 Å². The number of para-hydroxylation sites is 1. The van der Waals surface area contributed by atoms with Gasteiger partial charge < -0.3 is 10.1 Å². The van der Waals surface area contributed by atoms with E-state index in [0.29, 0.717) is 11.3 Å². The lowest BCUT2D eigenvalue weighted by atomic mass is 10.2. The number of anilines is 2. The number of ether oxygens (including phenoxy) is 1. The molecule has 144 valence electrons. The second-order valence-electron chi connectivity index (χ2n) is 6.93. The zero-order chi connectivity index (χ0) is 20.2. The molecule has 0 heterocycles. The van der Waals surface area contributed by atoms with Crippen LogP contribution in [0.4, 0.5) is 16.2 Å². The van der Waals surface area contributed by atoms with Gasteiger partial charge in [-0.25, -0.2) is 13.2 Å². The van der Waals surface area contributed by atoms with Crippen LogP contribution in [0.15, 0.2) is 53.4 Å². The third-order valence-corrected chi connectivity index (χ3v) is 4.48. The van der Waals surface area contributed by atoms with Gasteiger partial charge in [0, 0.05) is 17.5 Å². The van der Waals surface area contributed by atoms with Crippen LogP contribution in [0.2, 0.25) is 0 Å². The first-order chi connectivity index (χ1) is 12.5.